The number of thiophene rings is 1. The molecule has 0 aliphatic heterocycles. The number of ether oxygens (including phenoxy) is 1. The molecule has 31 heavy (non-hydrogen) atoms. The SMILES string of the molecule is CNCC[C@H](Oc1cccc2cc(C#N)sc12)c1ccccc1.O=C(O)/C=C/C(=O)O. The molecule has 0 fully saturated rings. The second-order valence-electron chi connectivity index (χ2n) is 6.32. The zero-order valence-corrected chi connectivity index (χ0v) is 17.6. The Hall–Kier alpha value is -3.67. The number of hydrogen-bond acceptors (Lipinski definition) is 6. The molecule has 0 aliphatic rings. The Balaban J connectivity index is 0.000000366. The van der Waals surface area contributed by atoms with Crippen LogP contribution >= 0.6 is 11.3 Å². The van der Waals surface area contributed by atoms with E-state index in [9.17, 15) is 9.59 Å². The highest BCUT2D eigenvalue weighted by molar-refractivity contribution is 7.19. The Morgan fingerprint density at radius 2 is 1.81 bits per heavy atom. The number of nitriles is 1. The molecule has 1 atom stereocenters. The Kier molecular flexibility index (Phi) is 9.23. The van der Waals surface area contributed by atoms with Gasteiger partial charge in [0.25, 0.3) is 0 Å². The van der Waals surface area contributed by atoms with Gasteiger partial charge in [0.15, 0.2) is 0 Å². The van der Waals surface area contributed by atoms with E-state index in [1.165, 1.54) is 11.3 Å². The molecule has 1 heterocycles. The number of aliphatic carboxylic acids is 2. The molecule has 3 N–H and O–H groups in total. The molecule has 0 aliphatic carbocycles. The lowest BCUT2D eigenvalue weighted by Crippen LogP contribution is -2.16. The number of rotatable bonds is 8. The van der Waals surface area contributed by atoms with Crippen LogP contribution in [0.5, 0.6) is 5.75 Å². The van der Waals surface area contributed by atoms with Crippen LogP contribution in [-0.2, 0) is 9.59 Å². The highest BCUT2D eigenvalue weighted by Gasteiger charge is 2.15. The molecule has 0 radical (unpaired) electrons. The predicted octanol–water partition coefficient (Wildman–Crippen LogP) is 4.21. The van der Waals surface area contributed by atoms with Crippen LogP contribution < -0.4 is 10.1 Å². The van der Waals surface area contributed by atoms with E-state index in [1.54, 1.807) is 0 Å². The van der Waals surface area contributed by atoms with Crippen LogP contribution in [0.4, 0.5) is 0 Å². The summed E-state index contributed by atoms with van der Waals surface area (Å²) in [6.07, 6.45) is 1.99. The van der Waals surface area contributed by atoms with Gasteiger partial charge in [-0.25, -0.2) is 9.59 Å². The van der Waals surface area contributed by atoms with Crippen molar-refractivity contribution in [2.45, 2.75) is 12.5 Å². The van der Waals surface area contributed by atoms with Crippen molar-refractivity contribution in [2.24, 2.45) is 0 Å². The monoisotopic (exact) mass is 438 g/mol. The molecule has 0 bridgehead atoms. The first-order valence-electron chi connectivity index (χ1n) is 9.37. The normalized spacial score (nSPS) is 11.4. The minimum Gasteiger partial charge on any atom is -0.484 e. The smallest absolute Gasteiger partial charge is 0.328 e. The van der Waals surface area contributed by atoms with Gasteiger partial charge < -0.3 is 20.3 Å². The third-order valence-corrected chi connectivity index (χ3v) is 5.15. The van der Waals surface area contributed by atoms with E-state index in [-0.39, 0.29) is 6.10 Å². The van der Waals surface area contributed by atoms with Gasteiger partial charge in [-0.05, 0) is 36.7 Å². The summed E-state index contributed by atoms with van der Waals surface area (Å²) >= 11 is 1.48. The maximum Gasteiger partial charge on any atom is 0.328 e. The maximum atomic E-state index is 9.55. The van der Waals surface area contributed by atoms with Gasteiger partial charge >= 0.3 is 11.9 Å². The van der Waals surface area contributed by atoms with Gasteiger partial charge in [-0.3, -0.25) is 0 Å². The standard InChI is InChI=1S/C19H18N2OS.C4H4O4/c1-21-11-10-17(14-6-3-2-4-7-14)22-18-9-5-8-15-12-16(13-20)23-19(15)18;5-3(6)1-2-4(7)8/h2-9,12,17,21H,10-11H2,1H3;1-2H,(H,5,6)(H,7,8)/b;2-1+/t17-;/m0./s1. The van der Waals surface area contributed by atoms with Crippen LogP contribution in [0.3, 0.4) is 0 Å². The van der Waals surface area contributed by atoms with E-state index < -0.39 is 11.9 Å². The van der Waals surface area contributed by atoms with Gasteiger partial charge in [0.2, 0.25) is 0 Å². The van der Waals surface area contributed by atoms with Gasteiger partial charge in [0.05, 0.1) is 4.70 Å². The highest BCUT2D eigenvalue weighted by atomic mass is 32.1. The number of nitrogens with zero attached hydrogens (tertiary/aromatic N) is 1. The van der Waals surface area contributed by atoms with Crippen LogP contribution in [-0.4, -0.2) is 35.7 Å². The topological polar surface area (TPSA) is 120 Å². The van der Waals surface area contributed by atoms with E-state index in [1.807, 2.05) is 49.5 Å². The van der Waals surface area contributed by atoms with Crippen LogP contribution in [0.1, 0.15) is 23.0 Å². The summed E-state index contributed by atoms with van der Waals surface area (Å²) in [5, 5.41) is 29.0. The fourth-order valence-electron chi connectivity index (χ4n) is 2.72. The van der Waals surface area contributed by atoms with E-state index in [4.69, 9.17) is 20.2 Å². The van der Waals surface area contributed by atoms with E-state index >= 15 is 0 Å². The van der Waals surface area contributed by atoms with Gasteiger partial charge in [-0.2, -0.15) is 5.26 Å². The van der Waals surface area contributed by atoms with Gasteiger partial charge in [0, 0.05) is 18.6 Å². The molecule has 0 unspecified atom stereocenters. The van der Waals surface area contributed by atoms with Crippen molar-refractivity contribution in [3.05, 3.63) is 77.2 Å². The first-order chi connectivity index (χ1) is 14.9. The van der Waals surface area contributed by atoms with Crippen molar-refractivity contribution in [1.82, 2.24) is 5.32 Å². The summed E-state index contributed by atoms with van der Waals surface area (Å²) in [5.41, 5.74) is 1.16. The van der Waals surface area contributed by atoms with Crippen molar-refractivity contribution < 1.29 is 24.5 Å². The maximum absolute atomic E-state index is 9.55. The fraction of sp³-hybridized carbons (Fsp3) is 0.174. The number of carbonyl (C=O) groups is 2. The number of hydrogen-bond donors (Lipinski definition) is 3. The predicted molar refractivity (Wildman–Crippen MR) is 119 cm³/mol. The molecule has 0 saturated carbocycles. The van der Waals surface area contributed by atoms with Gasteiger partial charge in [-0.15, -0.1) is 11.3 Å². The zero-order chi connectivity index (χ0) is 22.6. The molecule has 0 spiro atoms. The number of carboxylic acid groups (broad SMARTS) is 2. The summed E-state index contributed by atoms with van der Waals surface area (Å²) in [4.78, 5) is 19.8. The molecule has 1 aromatic heterocycles. The Labute approximate surface area is 183 Å². The summed E-state index contributed by atoms with van der Waals surface area (Å²) in [6.45, 7) is 0.878. The molecule has 2 aromatic carbocycles. The Morgan fingerprint density at radius 3 is 2.39 bits per heavy atom. The van der Waals surface area contributed by atoms with Crippen molar-refractivity contribution in [1.29, 1.82) is 5.26 Å². The van der Waals surface area contributed by atoms with E-state index in [0.29, 0.717) is 17.0 Å². The van der Waals surface area contributed by atoms with Crippen molar-refractivity contribution >= 4 is 33.4 Å². The lowest BCUT2D eigenvalue weighted by molar-refractivity contribution is -0.134. The lowest BCUT2D eigenvalue weighted by atomic mass is 10.1. The molecule has 0 amide bonds. The lowest BCUT2D eigenvalue weighted by Gasteiger charge is -2.20. The minimum atomic E-state index is -1.26. The molecular weight excluding hydrogens is 416 g/mol. The van der Waals surface area contributed by atoms with Crippen LogP contribution in [0.2, 0.25) is 0 Å². The Bertz CT molecular complexity index is 1070. The highest BCUT2D eigenvalue weighted by Crippen LogP contribution is 2.36. The first kappa shape index (κ1) is 23.6. The first-order valence-corrected chi connectivity index (χ1v) is 10.2. The molecule has 7 nitrogen and oxygen atoms in total. The van der Waals surface area contributed by atoms with E-state index in [0.717, 1.165) is 34.4 Å². The Morgan fingerprint density at radius 1 is 1.13 bits per heavy atom. The van der Waals surface area contributed by atoms with Crippen molar-refractivity contribution in [2.75, 3.05) is 13.6 Å². The van der Waals surface area contributed by atoms with E-state index in [2.05, 4.69) is 23.5 Å². The molecule has 3 aromatic rings. The minimum absolute atomic E-state index is 0.0121. The second kappa shape index (κ2) is 12.1. The fourth-order valence-corrected chi connectivity index (χ4v) is 3.63. The van der Waals surface area contributed by atoms with Crippen molar-refractivity contribution in [3.63, 3.8) is 0 Å². The number of carboxylic acids is 2. The quantitative estimate of drug-likeness (QED) is 0.451. The summed E-state index contributed by atoms with van der Waals surface area (Å²) in [7, 11) is 1.95. The summed E-state index contributed by atoms with van der Waals surface area (Å²) in [5.74, 6) is -1.67. The average molecular weight is 439 g/mol. The number of fused-ring (bicyclic) bond motifs is 1. The average Bonchev–Trinajstić information content (AvgIpc) is 3.20. The van der Waals surface area contributed by atoms with Crippen LogP contribution in [0.25, 0.3) is 10.1 Å². The zero-order valence-electron chi connectivity index (χ0n) is 16.8. The molecule has 160 valence electrons. The van der Waals surface area contributed by atoms with Crippen LogP contribution in [0, 0.1) is 11.3 Å². The largest absolute Gasteiger partial charge is 0.484 e. The summed E-state index contributed by atoms with van der Waals surface area (Å²) < 4.78 is 7.37. The van der Waals surface area contributed by atoms with Gasteiger partial charge in [0.1, 0.15) is 22.8 Å². The molecule has 3 rings (SSSR count). The number of nitrogens with one attached hydrogen (secondary N) is 1. The van der Waals surface area contributed by atoms with Crippen molar-refractivity contribution in [3.8, 4) is 11.8 Å². The van der Waals surface area contributed by atoms with Gasteiger partial charge in [-0.1, -0.05) is 42.5 Å². The van der Waals surface area contributed by atoms with Crippen LogP contribution in [0.15, 0.2) is 66.7 Å². The molecule has 0 saturated heterocycles. The molecule has 8 heteroatoms. The third kappa shape index (κ3) is 7.59. The third-order valence-electron chi connectivity index (χ3n) is 4.08. The molecular formula is C23H22N2O5S. The summed E-state index contributed by atoms with van der Waals surface area (Å²) in [6, 6.07) is 20.4. The number of benzene rings is 2. The second-order valence-corrected chi connectivity index (χ2v) is 7.37.